The molecule has 1 aromatic rings. The number of hydrogen-bond donors (Lipinski definition) is 1. The topological polar surface area (TPSA) is 66.5 Å². The fourth-order valence-corrected chi connectivity index (χ4v) is 2.49. The van der Waals surface area contributed by atoms with Gasteiger partial charge in [0.05, 0.1) is 11.4 Å². The third-order valence-electron chi connectivity index (χ3n) is 2.35. The van der Waals surface area contributed by atoms with Crippen LogP contribution in [0.5, 0.6) is 0 Å². The Labute approximate surface area is 115 Å². The molecule has 100 valence electrons. The molecule has 0 aliphatic rings. The van der Waals surface area contributed by atoms with E-state index in [0.717, 1.165) is 10.0 Å². The Balaban J connectivity index is 2.87. The van der Waals surface area contributed by atoms with Crippen LogP contribution in [0.3, 0.4) is 0 Å². The average molecular weight is 335 g/mol. The minimum absolute atomic E-state index is 0.148. The van der Waals surface area contributed by atoms with Gasteiger partial charge in [-0.3, -0.25) is 4.79 Å². The van der Waals surface area contributed by atoms with Crippen molar-refractivity contribution in [1.29, 1.82) is 0 Å². The van der Waals surface area contributed by atoms with Crippen molar-refractivity contribution in [1.82, 2.24) is 9.62 Å². The summed E-state index contributed by atoms with van der Waals surface area (Å²) in [4.78, 5) is 12.8. The summed E-state index contributed by atoms with van der Waals surface area (Å²) >= 11 is 3.30. The highest BCUT2D eigenvalue weighted by Crippen LogP contribution is 2.19. The van der Waals surface area contributed by atoms with Crippen LogP contribution in [0.1, 0.15) is 5.56 Å². The third-order valence-corrected chi connectivity index (χ3v) is 4.64. The minimum Gasteiger partial charge on any atom is -0.348 e. The van der Waals surface area contributed by atoms with Crippen molar-refractivity contribution in [2.24, 2.45) is 0 Å². The fourth-order valence-electron chi connectivity index (χ4n) is 1.18. The molecule has 0 heterocycles. The summed E-state index contributed by atoms with van der Waals surface area (Å²) in [6.07, 6.45) is 0. The van der Waals surface area contributed by atoms with Crippen molar-refractivity contribution in [3.05, 3.63) is 28.2 Å². The number of hydrogen-bond acceptors (Lipinski definition) is 3. The van der Waals surface area contributed by atoms with Crippen LogP contribution in [-0.2, 0) is 14.8 Å². The summed E-state index contributed by atoms with van der Waals surface area (Å²) in [7, 11) is -0.507. The summed E-state index contributed by atoms with van der Waals surface area (Å²) in [6, 6.07) is 4.70. The van der Waals surface area contributed by atoms with Gasteiger partial charge in [-0.25, -0.2) is 13.1 Å². The van der Waals surface area contributed by atoms with Crippen molar-refractivity contribution in [2.75, 3.05) is 20.6 Å². The number of likely N-dealkylation sites (N-methyl/N-ethyl adjacent to an activating group) is 1. The number of nitrogens with zero attached hydrogens (tertiary/aromatic N) is 1. The molecular weight excluding hydrogens is 320 g/mol. The summed E-state index contributed by atoms with van der Waals surface area (Å²) in [5.41, 5.74) is 0.816. The number of carbonyl (C=O) groups excluding carboxylic acids is 1. The number of nitrogens with one attached hydrogen (secondary N) is 1. The molecule has 5 nitrogen and oxygen atoms in total. The van der Waals surface area contributed by atoms with Crippen LogP contribution < -0.4 is 4.72 Å². The Bertz CT molecular complexity index is 555. The first-order chi connectivity index (χ1) is 8.24. The first kappa shape index (κ1) is 15.1. The second kappa shape index (κ2) is 5.81. The van der Waals surface area contributed by atoms with Gasteiger partial charge in [-0.2, -0.15) is 0 Å². The number of halogens is 1. The van der Waals surface area contributed by atoms with Crippen LogP contribution in [0.15, 0.2) is 27.6 Å². The van der Waals surface area contributed by atoms with E-state index in [9.17, 15) is 13.2 Å². The van der Waals surface area contributed by atoms with E-state index in [1.165, 1.54) is 11.0 Å². The van der Waals surface area contributed by atoms with E-state index in [1.54, 1.807) is 33.2 Å². The molecule has 0 saturated heterocycles. The Hall–Kier alpha value is -0.920. The molecule has 0 aromatic heterocycles. The zero-order chi connectivity index (χ0) is 13.9. The lowest BCUT2D eigenvalue weighted by molar-refractivity contribution is -0.127. The monoisotopic (exact) mass is 334 g/mol. The van der Waals surface area contributed by atoms with Gasteiger partial charge in [0.2, 0.25) is 15.9 Å². The zero-order valence-electron chi connectivity index (χ0n) is 10.4. The Morgan fingerprint density at radius 3 is 2.50 bits per heavy atom. The molecule has 0 unspecified atom stereocenters. The van der Waals surface area contributed by atoms with Crippen LogP contribution in [0, 0.1) is 6.92 Å². The number of aryl methyl sites for hydroxylation is 1. The first-order valence-electron chi connectivity index (χ1n) is 5.20. The molecule has 0 atom stereocenters. The SMILES string of the molecule is Cc1cc(S(=O)(=O)NCC(=O)N(C)C)ccc1Br. The second-order valence-corrected chi connectivity index (χ2v) is 6.64. The van der Waals surface area contributed by atoms with Gasteiger partial charge in [0.15, 0.2) is 0 Å². The maximum atomic E-state index is 11.9. The number of carbonyl (C=O) groups is 1. The number of sulfonamides is 1. The van der Waals surface area contributed by atoms with Crippen molar-refractivity contribution < 1.29 is 13.2 Å². The molecule has 0 fully saturated rings. The van der Waals surface area contributed by atoms with E-state index in [0.29, 0.717) is 0 Å². The van der Waals surface area contributed by atoms with E-state index < -0.39 is 10.0 Å². The van der Waals surface area contributed by atoms with Gasteiger partial charge in [-0.1, -0.05) is 15.9 Å². The Kier molecular flexibility index (Phi) is 4.89. The predicted molar refractivity (Wildman–Crippen MR) is 72.8 cm³/mol. The summed E-state index contributed by atoms with van der Waals surface area (Å²) in [5, 5.41) is 0. The fraction of sp³-hybridized carbons (Fsp3) is 0.364. The molecule has 0 radical (unpaired) electrons. The smallest absolute Gasteiger partial charge is 0.241 e. The van der Waals surface area contributed by atoms with Gasteiger partial charge in [0, 0.05) is 18.6 Å². The summed E-state index contributed by atoms with van der Waals surface area (Å²) < 4.78 is 27.0. The quantitative estimate of drug-likeness (QED) is 0.897. The molecule has 1 amide bonds. The van der Waals surface area contributed by atoms with Crippen LogP contribution in [-0.4, -0.2) is 39.9 Å². The molecule has 0 saturated carbocycles. The van der Waals surface area contributed by atoms with Crippen molar-refractivity contribution in [3.8, 4) is 0 Å². The molecule has 1 N–H and O–H groups in total. The van der Waals surface area contributed by atoms with Gasteiger partial charge in [-0.15, -0.1) is 0 Å². The lowest BCUT2D eigenvalue weighted by atomic mass is 10.2. The van der Waals surface area contributed by atoms with Crippen LogP contribution in [0.4, 0.5) is 0 Å². The van der Waals surface area contributed by atoms with E-state index in [1.807, 2.05) is 0 Å². The average Bonchev–Trinajstić information content (AvgIpc) is 2.29. The van der Waals surface area contributed by atoms with Gasteiger partial charge < -0.3 is 4.90 Å². The maximum Gasteiger partial charge on any atom is 0.241 e. The maximum absolute atomic E-state index is 11.9. The minimum atomic E-state index is -3.65. The van der Waals surface area contributed by atoms with Crippen molar-refractivity contribution in [2.45, 2.75) is 11.8 Å². The molecule has 0 aliphatic carbocycles. The molecule has 1 rings (SSSR count). The molecule has 7 heteroatoms. The Morgan fingerprint density at radius 1 is 1.39 bits per heavy atom. The Morgan fingerprint density at radius 2 is 2.00 bits per heavy atom. The number of rotatable bonds is 4. The highest BCUT2D eigenvalue weighted by molar-refractivity contribution is 9.10. The second-order valence-electron chi connectivity index (χ2n) is 4.02. The van der Waals surface area contributed by atoms with Crippen LogP contribution in [0.25, 0.3) is 0 Å². The lowest BCUT2D eigenvalue weighted by Crippen LogP contribution is -2.36. The molecular formula is C11H15BrN2O3S. The normalized spacial score (nSPS) is 11.3. The zero-order valence-corrected chi connectivity index (χ0v) is 12.8. The van der Waals surface area contributed by atoms with Crippen LogP contribution >= 0.6 is 15.9 Å². The largest absolute Gasteiger partial charge is 0.348 e. The van der Waals surface area contributed by atoms with Gasteiger partial charge in [0.25, 0.3) is 0 Å². The number of amides is 1. The molecule has 0 aliphatic heterocycles. The van der Waals surface area contributed by atoms with Crippen LogP contribution in [0.2, 0.25) is 0 Å². The van der Waals surface area contributed by atoms with E-state index >= 15 is 0 Å². The third kappa shape index (κ3) is 3.79. The highest BCUT2D eigenvalue weighted by atomic mass is 79.9. The van der Waals surface area contributed by atoms with Gasteiger partial charge >= 0.3 is 0 Å². The molecule has 1 aromatic carbocycles. The molecule has 0 spiro atoms. The van der Waals surface area contributed by atoms with Crippen molar-refractivity contribution >= 4 is 31.9 Å². The predicted octanol–water partition coefficient (Wildman–Crippen LogP) is 1.12. The standard InChI is InChI=1S/C11H15BrN2O3S/c1-8-6-9(4-5-10(8)12)18(16,17)13-7-11(15)14(2)3/h4-6,13H,7H2,1-3H3. The number of benzene rings is 1. The lowest BCUT2D eigenvalue weighted by Gasteiger charge is -2.11. The molecule has 0 bridgehead atoms. The van der Waals surface area contributed by atoms with E-state index in [4.69, 9.17) is 0 Å². The van der Waals surface area contributed by atoms with E-state index in [-0.39, 0.29) is 17.3 Å². The van der Waals surface area contributed by atoms with Gasteiger partial charge in [0.1, 0.15) is 0 Å². The van der Waals surface area contributed by atoms with E-state index in [2.05, 4.69) is 20.7 Å². The highest BCUT2D eigenvalue weighted by Gasteiger charge is 2.16. The molecule has 18 heavy (non-hydrogen) atoms. The van der Waals surface area contributed by atoms with Gasteiger partial charge in [-0.05, 0) is 30.7 Å². The van der Waals surface area contributed by atoms with Crippen molar-refractivity contribution in [3.63, 3.8) is 0 Å². The summed E-state index contributed by atoms with van der Waals surface area (Å²) in [5.74, 6) is -0.299. The summed E-state index contributed by atoms with van der Waals surface area (Å²) in [6.45, 7) is 1.55. The first-order valence-corrected chi connectivity index (χ1v) is 7.47.